The molecule has 0 saturated heterocycles. The van der Waals surface area contributed by atoms with E-state index in [4.69, 9.17) is 4.98 Å². The van der Waals surface area contributed by atoms with Gasteiger partial charge in [-0.3, -0.25) is 18.6 Å². The van der Waals surface area contributed by atoms with Crippen molar-refractivity contribution in [1.82, 2.24) is 29.1 Å². The first kappa shape index (κ1) is 21.4. The molecular weight excluding hydrogens is 464 g/mol. The zero-order valence-corrected chi connectivity index (χ0v) is 20.6. The summed E-state index contributed by atoms with van der Waals surface area (Å²) >= 11 is 4.39. The van der Waals surface area contributed by atoms with Crippen LogP contribution in [0.15, 0.2) is 26.2 Å². The molecule has 0 bridgehead atoms. The second kappa shape index (κ2) is 8.13. The Bertz CT molecular complexity index is 1590. The Kier molecular flexibility index (Phi) is 5.42. The molecule has 0 aromatic carbocycles. The van der Waals surface area contributed by atoms with Crippen LogP contribution in [0.1, 0.15) is 36.5 Å². The molecule has 8 nitrogen and oxygen atoms in total. The quantitative estimate of drug-likeness (QED) is 0.286. The fourth-order valence-corrected chi connectivity index (χ4v) is 6.58. The minimum Gasteiger partial charge on any atom is -0.301 e. The van der Waals surface area contributed by atoms with Crippen LogP contribution in [0.2, 0.25) is 0 Å². The molecule has 0 saturated carbocycles. The molecule has 166 valence electrons. The van der Waals surface area contributed by atoms with Crippen LogP contribution < -0.4 is 11.1 Å². The molecule has 1 atom stereocenters. The summed E-state index contributed by atoms with van der Waals surface area (Å²) < 4.78 is 4.08. The Morgan fingerprint density at radius 1 is 1.28 bits per heavy atom. The molecule has 0 aliphatic rings. The van der Waals surface area contributed by atoms with E-state index in [-0.39, 0.29) is 11.1 Å². The van der Waals surface area contributed by atoms with Gasteiger partial charge in [0.15, 0.2) is 5.16 Å². The number of nitrogens with one attached hydrogen (secondary N) is 1. The van der Waals surface area contributed by atoms with Gasteiger partial charge in [0.1, 0.15) is 15.4 Å². The standard InChI is InChI=1S/C21H22N6O2S3/c1-5-10(2)8-12-11(3)32-18-15(12)17(28)22-20(23-18)31-9-14-24-25-21-26(4)19(29)16-13(27(14)21)6-7-30-16/h6-7,10H,5,8-9H2,1-4H3,(H,22,23,28). The number of aromatic nitrogens is 6. The average molecular weight is 487 g/mol. The Labute approximate surface area is 195 Å². The van der Waals surface area contributed by atoms with Crippen molar-refractivity contribution >= 4 is 60.6 Å². The van der Waals surface area contributed by atoms with E-state index in [1.165, 1.54) is 27.7 Å². The molecule has 5 aromatic rings. The molecule has 5 rings (SSSR count). The molecule has 1 N–H and O–H groups in total. The zero-order chi connectivity index (χ0) is 22.6. The largest absolute Gasteiger partial charge is 0.301 e. The van der Waals surface area contributed by atoms with Crippen LogP contribution in [0.5, 0.6) is 0 Å². The highest BCUT2D eigenvalue weighted by atomic mass is 32.2. The van der Waals surface area contributed by atoms with Crippen LogP contribution in [0.3, 0.4) is 0 Å². The van der Waals surface area contributed by atoms with Gasteiger partial charge in [0, 0.05) is 11.9 Å². The number of thioether (sulfide) groups is 1. The molecule has 11 heteroatoms. The SMILES string of the molecule is CCC(C)Cc1c(C)sc2nc(SCc3nnc4n(C)c(=O)c5sccc5n34)[nH]c(=O)c12. The smallest absolute Gasteiger partial charge is 0.272 e. The third-order valence-corrected chi connectivity index (χ3v) is 8.63. The predicted molar refractivity (Wildman–Crippen MR) is 131 cm³/mol. The summed E-state index contributed by atoms with van der Waals surface area (Å²) in [5.41, 5.74) is 1.75. The van der Waals surface area contributed by atoms with Crippen LogP contribution in [0.25, 0.3) is 26.2 Å². The van der Waals surface area contributed by atoms with Crippen molar-refractivity contribution in [3.05, 3.63) is 48.4 Å². The van der Waals surface area contributed by atoms with Crippen LogP contribution in [0.4, 0.5) is 0 Å². The third-order valence-electron chi connectivity index (χ3n) is 5.83. The Morgan fingerprint density at radius 3 is 2.88 bits per heavy atom. The van der Waals surface area contributed by atoms with Crippen molar-refractivity contribution in [2.75, 3.05) is 0 Å². The van der Waals surface area contributed by atoms with Gasteiger partial charge in [0.2, 0.25) is 5.78 Å². The summed E-state index contributed by atoms with van der Waals surface area (Å²) in [7, 11) is 1.70. The normalized spacial score (nSPS) is 13.0. The molecule has 0 aliphatic carbocycles. The maximum atomic E-state index is 12.9. The fourth-order valence-electron chi connectivity index (χ4n) is 3.84. The van der Waals surface area contributed by atoms with Crippen LogP contribution in [-0.4, -0.2) is 29.1 Å². The number of aryl methyl sites for hydroxylation is 2. The van der Waals surface area contributed by atoms with Gasteiger partial charge in [-0.1, -0.05) is 32.0 Å². The number of nitrogens with zero attached hydrogens (tertiary/aromatic N) is 5. The Balaban J connectivity index is 1.51. The van der Waals surface area contributed by atoms with Gasteiger partial charge in [0.05, 0.1) is 16.7 Å². The maximum absolute atomic E-state index is 12.9. The van der Waals surface area contributed by atoms with Gasteiger partial charge >= 0.3 is 0 Å². The highest BCUT2D eigenvalue weighted by molar-refractivity contribution is 7.98. The van der Waals surface area contributed by atoms with Crippen LogP contribution in [-0.2, 0) is 19.2 Å². The van der Waals surface area contributed by atoms with Gasteiger partial charge in [0.25, 0.3) is 11.1 Å². The summed E-state index contributed by atoms with van der Waals surface area (Å²) in [4.78, 5) is 35.1. The van der Waals surface area contributed by atoms with Crippen LogP contribution >= 0.6 is 34.4 Å². The van der Waals surface area contributed by atoms with Crippen molar-refractivity contribution in [3.8, 4) is 0 Å². The minimum absolute atomic E-state index is 0.0770. The van der Waals surface area contributed by atoms with Gasteiger partial charge < -0.3 is 4.98 Å². The van der Waals surface area contributed by atoms with Crippen molar-refractivity contribution in [1.29, 1.82) is 0 Å². The third kappa shape index (κ3) is 3.39. The van der Waals surface area contributed by atoms with Crippen LogP contribution in [0, 0.1) is 12.8 Å². The lowest BCUT2D eigenvalue weighted by atomic mass is 9.98. The number of hydrogen-bond donors (Lipinski definition) is 1. The van der Waals surface area contributed by atoms with E-state index in [0.717, 1.165) is 39.0 Å². The van der Waals surface area contributed by atoms with Crippen molar-refractivity contribution in [2.45, 2.75) is 44.5 Å². The molecule has 1 unspecified atom stereocenters. The van der Waals surface area contributed by atoms with Gasteiger partial charge in [-0.15, -0.1) is 32.9 Å². The topological polar surface area (TPSA) is 97.9 Å². The first-order valence-electron chi connectivity index (χ1n) is 10.3. The Hall–Kier alpha value is -2.50. The number of fused-ring (bicyclic) bond motifs is 4. The zero-order valence-electron chi connectivity index (χ0n) is 18.1. The molecule has 0 radical (unpaired) electrons. The van der Waals surface area contributed by atoms with Gasteiger partial charge in [-0.05, 0) is 36.3 Å². The number of rotatable bonds is 6. The first-order chi connectivity index (χ1) is 15.4. The second-order valence-corrected chi connectivity index (χ2v) is 11.0. The molecule has 5 heterocycles. The molecule has 0 amide bonds. The minimum atomic E-state index is -0.0890. The average Bonchev–Trinajstić information content (AvgIpc) is 3.48. The number of hydrogen-bond acceptors (Lipinski definition) is 8. The molecule has 0 fully saturated rings. The summed E-state index contributed by atoms with van der Waals surface area (Å²) in [5, 5.41) is 11.7. The van der Waals surface area contributed by atoms with E-state index < -0.39 is 0 Å². The second-order valence-electron chi connectivity index (χ2n) is 7.95. The van der Waals surface area contributed by atoms with Crippen molar-refractivity contribution in [2.24, 2.45) is 13.0 Å². The molecule has 0 aliphatic heterocycles. The fraction of sp³-hybridized carbons (Fsp3) is 0.381. The monoisotopic (exact) mass is 486 g/mol. The van der Waals surface area contributed by atoms with E-state index in [2.05, 4.69) is 36.0 Å². The first-order valence-corrected chi connectivity index (χ1v) is 13.0. The summed E-state index contributed by atoms with van der Waals surface area (Å²) in [5.74, 6) is 2.18. The highest BCUT2D eigenvalue weighted by Crippen LogP contribution is 2.31. The van der Waals surface area contributed by atoms with Gasteiger partial charge in [-0.25, -0.2) is 4.98 Å². The lowest BCUT2D eigenvalue weighted by Crippen LogP contribution is -2.19. The summed E-state index contributed by atoms with van der Waals surface area (Å²) in [6.45, 7) is 6.44. The van der Waals surface area contributed by atoms with Gasteiger partial charge in [-0.2, -0.15) is 0 Å². The maximum Gasteiger partial charge on any atom is 0.272 e. The molecular formula is C21H22N6O2S3. The van der Waals surface area contributed by atoms with Crippen molar-refractivity contribution < 1.29 is 0 Å². The number of aromatic amines is 1. The van der Waals surface area contributed by atoms with Crippen molar-refractivity contribution in [3.63, 3.8) is 0 Å². The molecule has 0 spiro atoms. The van der Waals surface area contributed by atoms with E-state index in [0.29, 0.717) is 33.1 Å². The molecule has 32 heavy (non-hydrogen) atoms. The van der Waals surface area contributed by atoms with E-state index in [1.54, 1.807) is 18.4 Å². The van der Waals surface area contributed by atoms with E-state index >= 15 is 0 Å². The number of thiophene rings is 2. The van der Waals surface area contributed by atoms with E-state index in [9.17, 15) is 9.59 Å². The summed E-state index contributed by atoms with van der Waals surface area (Å²) in [6, 6.07) is 1.91. The number of H-pyrrole nitrogens is 1. The van der Waals surface area contributed by atoms with E-state index in [1.807, 2.05) is 15.8 Å². The predicted octanol–water partition coefficient (Wildman–Crippen LogP) is 4.13. The summed E-state index contributed by atoms with van der Waals surface area (Å²) in [6.07, 6.45) is 1.96. The Morgan fingerprint density at radius 2 is 2.09 bits per heavy atom. The lowest BCUT2D eigenvalue weighted by Gasteiger charge is -2.08. The molecule has 5 aromatic heterocycles. The highest BCUT2D eigenvalue weighted by Gasteiger charge is 2.19. The lowest BCUT2D eigenvalue weighted by molar-refractivity contribution is 0.561.